The first kappa shape index (κ1) is 24.9. The number of rotatable bonds is 7. The molecule has 2 unspecified atom stereocenters. The molecule has 166 valence electrons. The molecule has 0 aromatic heterocycles. The van der Waals surface area contributed by atoms with E-state index in [0.29, 0.717) is 30.5 Å². The molecule has 0 radical (unpaired) electrons. The Bertz CT molecular complexity index is 726. The molecule has 0 aliphatic carbocycles. The minimum atomic E-state index is -0.568. The molecule has 10 heteroatoms. The number of amides is 2. The number of halogens is 2. The van der Waals surface area contributed by atoms with Crippen molar-refractivity contribution in [2.24, 2.45) is 5.92 Å². The molecule has 1 heterocycles. The van der Waals surface area contributed by atoms with E-state index in [0.717, 1.165) is 0 Å². The van der Waals surface area contributed by atoms with Gasteiger partial charge in [-0.1, -0.05) is 37.0 Å². The topological polar surface area (TPSA) is 88.7 Å². The van der Waals surface area contributed by atoms with Gasteiger partial charge in [-0.3, -0.25) is 9.59 Å². The monoisotopic (exact) mass is 457 g/mol. The van der Waals surface area contributed by atoms with Crippen molar-refractivity contribution in [2.75, 3.05) is 19.6 Å². The molecule has 2 amide bonds. The van der Waals surface area contributed by atoms with Gasteiger partial charge in [0.15, 0.2) is 0 Å². The second-order valence-corrected chi connectivity index (χ2v) is 8.87. The van der Waals surface area contributed by atoms with Crippen LogP contribution in [0.25, 0.3) is 0 Å². The molecule has 0 spiro atoms. The van der Waals surface area contributed by atoms with Gasteiger partial charge < -0.3 is 25.3 Å². The highest BCUT2D eigenvalue weighted by atomic mass is 35.5. The quantitative estimate of drug-likeness (QED) is 0.547. The highest BCUT2D eigenvalue weighted by Crippen LogP contribution is 2.20. The third-order valence-corrected chi connectivity index (χ3v) is 5.14. The zero-order valence-electron chi connectivity index (χ0n) is 17.8. The Labute approximate surface area is 188 Å². The van der Waals surface area contributed by atoms with Gasteiger partial charge in [-0.25, -0.2) is 0 Å². The third kappa shape index (κ3) is 8.08. The first-order chi connectivity index (χ1) is 14.2. The van der Waals surface area contributed by atoms with Crippen LogP contribution < -0.4 is 16.0 Å². The van der Waals surface area contributed by atoms with E-state index < -0.39 is 13.0 Å². The predicted octanol–water partition coefficient (Wildman–Crippen LogP) is 2.69. The minimum absolute atomic E-state index is 0.0567. The Morgan fingerprint density at radius 1 is 1.20 bits per heavy atom. The molecule has 1 aromatic rings. The van der Waals surface area contributed by atoms with Crippen LogP contribution in [0.2, 0.25) is 10.0 Å². The fraction of sp³-hybridized carbons (Fsp3) is 0.600. The van der Waals surface area contributed by atoms with Crippen molar-refractivity contribution in [1.82, 2.24) is 16.0 Å². The maximum absolute atomic E-state index is 12.6. The minimum Gasteiger partial charge on any atom is -0.406 e. The molecule has 1 aliphatic heterocycles. The van der Waals surface area contributed by atoms with Crippen molar-refractivity contribution in [3.05, 3.63) is 33.8 Å². The summed E-state index contributed by atoms with van der Waals surface area (Å²) in [5.74, 6) is -0.826. The average molecular weight is 458 g/mol. The van der Waals surface area contributed by atoms with Crippen molar-refractivity contribution in [2.45, 2.75) is 52.3 Å². The highest BCUT2D eigenvalue weighted by Gasteiger charge is 2.36. The first-order valence-corrected chi connectivity index (χ1v) is 11.0. The van der Waals surface area contributed by atoms with Crippen LogP contribution in [0.15, 0.2) is 18.2 Å². The molecule has 1 fully saturated rings. The molecule has 0 bridgehead atoms. The van der Waals surface area contributed by atoms with Gasteiger partial charge in [-0.15, -0.1) is 0 Å². The van der Waals surface area contributed by atoms with Crippen LogP contribution >= 0.6 is 23.2 Å². The maximum Gasteiger partial charge on any atom is 0.481 e. The van der Waals surface area contributed by atoms with E-state index in [1.54, 1.807) is 6.07 Å². The van der Waals surface area contributed by atoms with Crippen molar-refractivity contribution >= 4 is 42.1 Å². The number of carbonyl (C=O) groups excluding carboxylic acids is 2. The second-order valence-electron chi connectivity index (χ2n) is 8.03. The molecule has 1 aromatic carbocycles. The second kappa shape index (κ2) is 11.9. The van der Waals surface area contributed by atoms with Gasteiger partial charge in [-0.2, -0.15) is 0 Å². The summed E-state index contributed by atoms with van der Waals surface area (Å²) in [6.07, 6.45) is 0.564. The zero-order valence-corrected chi connectivity index (χ0v) is 19.3. The molecule has 3 atom stereocenters. The fourth-order valence-corrected chi connectivity index (χ4v) is 3.57. The molecule has 0 saturated carbocycles. The predicted molar refractivity (Wildman–Crippen MR) is 120 cm³/mol. The van der Waals surface area contributed by atoms with E-state index in [4.69, 9.17) is 32.5 Å². The van der Waals surface area contributed by atoms with Crippen LogP contribution in [0.4, 0.5) is 0 Å². The molecular formula is C20H30BCl2N3O4. The van der Waals surface area contributed by atoms with Gasteiger partial charge in [0.2, 0.25) is 5.91 Å². The molecule has 30 heavy (non-hydrogen) atoms. The van der Waals surface area contributed by atoms with Crippen molar-refractivity contribution in [3.8, 4) is 0 Å². The van der Waals surface area contributed by atoms with E-state index >= 15 is 0 Å². The van der Waals surface area contributed by atoms with E-state index in [1.807, 2.05) is 13.8 Å². The Hall–Kier alpha value is -1.32. The summed E-state index contributed by atoms with van der Waals surface area (Å²) in [6.45, 7) is 9.28. The van der Waals surface area contributed by atoms with E-state index in [2.05, 4.69) is 29.8 Å². The standard InChI is InChI=1S/C20H30BCl2N3O4/c1-12(2)7-18(21-29-13(3)9-24-10-14(4)30-21)26-19(27)11-25-20(28)16-8-15(22)5-6-17(16)23/h5-6,8,12-14,18,24H,7,9-11H2,1-4H3,(H,25,28)(H,26,27)/t13?,14?,18-/m0/s1. The van der Waals surface area contributed by atoms with Gasteiger partial charge in [0, 0.05) is 18.1 Å². The van der Waals surface area contributed by atoms with Gasteiger partial charge in [0.25, 0.3) is 5.91 Å². The summed E-state index contributed by atoms with van der Waals surface area (Å²) in [5, 5.41) is 9.48. The Morgan fingerprint density at radius 2 is 1.83 bits per heavy atom. The molecule has 1 saturated heterocycles. The van der Waals surface area contributed by atoms with Crippen LogP contribution in [0, 0.1) is 5.92 Å². The van der Waals surface area contributed by atoms with Crippen molar-refractivity contribution < 1.29 is 18.9 Å². The summed E-state index contributed by atoms with van der Waals surface area (Å²) in [5.41, 5.74) is 0.220. The zero-order chi connectivity index (χ0) is 22.3. The lowest BCUT2D eigenvalue weighted by molar-refractivity contribution is -0.120. The van der Waals surface area contributed by atoms with Gasteiger partial charge >= 0.3 is 7.12 Å². The summed E-state index contributed by atoms with van der Waals surface area (Å²) in [7, 11) is -0.568. The molecule has 1 aliphatic rings. The number of hydrogen-bond donors (Lipinski definition) is 3. The molecule has 2 rings (SSSR count). The average Bonchev–Trinajstić information content (AvgIpc) is 2.65. The molecule has 7 nitrogen and oxygen atoms in total. The summed E-state index contributed by atoms with van der Waals surface area (Å²) >= 11 is 12.0. The number of carbonyl (C=O) groups is 2. The van der Waals surface area contributed by atoms with Crippen molar-refractivity contribution in [3.63, 3.8) is 0 Å². The largest absolute Gasteiger partial charge is 0.481 e. The Kier molecular flexibility index (Phi) is 9.91. The summed E-state index contributed by atoms with van der Waals surface area (Å²) in [4.78, 5) is 24.9. The lowest BCUT2D eigenvalue weighted by Crippen LogP contribution is -2.56. The number of benzene rings is 1. The van der Waals surface area contributed by atoms with E-state index in [9.17, 15) is 9.59 Å². The SMILES string of the molecule is CC(C)C[C@H](NC(=O)CNC(=O)c1cc(Cl)ccc1Cl)B1OC(C)CNCC(C)O1. The van der Waals surface area contributed by atoms with Crippen LogP contribution in [0.5, 0.6) is 0 Å². The molecular weight excluding hydrogens is 428 g/mol. The van der Waals surface area contributed by atoms with E-state index in [-0.39, 0.29) is 41.2 Å². The maximum atomic E-state index is 12.6. The lowest BCUT2D eigenvalue weighted by atomic mass is 9.73. The number of nitrogens with one attached hydrogen (secondary N) is 3. The lowest BCUT2D eigenvalue weighted by Gasteiger charge is -2.32. The van der Waals surface area contributed by atoms with Crippen molar-refractivity contribution in [1.29, 1.82) is 0 Å². The summed E-state index contributed by atoms with van der Waals surface area (Å²) < 4.78 is 12.1. The first-order valence-electron chi connectivity index (χ1n) is 10.2. The Balaban J connectivity index is 2.00. The summed E-state index contributed by atoms with van der Waals surface area (Å²) in [6, 6.07) is 4.60. The third-order valence-electron chi connectivity index (χ3n) is 4.58. The fourth-order valence-electron chi connectivity index (χ4n) is 3.20. The smallest absolute Gasteiger partial charge is 0.406 e. The van der Waals surface area contributed by atoms with Crippen LogP contribution in [-0.4, -0.2) is 56.7 Å². The van der Waals surface area contributed by atoms with Crippen LogP contribution in [0.1, 0.15) is 44.5 Å². The highest BCUT2D eigenvalue weighted by molar-refractivity contribution is 6.47. The molecule has 3 N–H and O–H groups in total. The van der Waals surface area contributed by atoms with Crippen LogP contribution in [-0.2, 0) is 14.1 Å². The van der Waals surface area contributed by atoms with Crippen LogP contribution in [0.3, 0.4) is 0 Å². The van der Waals surface area contributed by atoms with Gasteiger partial charge in [0.1, 0.15) is 0 Å². The normalized spacial score (nSPS) is 21.0. The number of hydrogen-bond acceptors (Lipinski definition) is 5. The van der Waals surface area contributed by atoms with Gasteiger partial charge in [0.05, 0.1) is 35.3 Å². The Morgan fingerprint density at radius 3 is 2.43 bits per heavy atom. The van der Waals surface area contributed by atoms with E-state index in [1.165, 1.54) is 12.1 Å². The van der Waals surface area contributed by atoms with Gasteiger partial charge in [-0.05, 0) is 44.4 Å².